The highest BCUT2D eigenvalue weighted by atomic mass is 79.9. The van der Waals surface area contributed by atoms with E-state index >= 15 is 0 Å². The Balaban J connectivity index is 0.000000924. The Kier molecular flexibility index (Phi) is 19.4. The third-order valence-corrected chi connectivity index (χ3v) is 5.80. The zero-order valence-electron chi connectivity index (χ0n) is 25.9. The third kappa shape index (κ3) is 13.4. The molecule has 0 aliphatic heterocycles. The van der Waals surface area contributed by atoms with Crippen LogP contribution in [0.25, 0.3) is 0 Å². The van der Waals surface area contributed by atoms with Crippen LogP contribution in [0.2, 0.25) is 0 Å². The van der Waals surface area contributed by atoms with Crippen LogP contribution in [0, 0.1) is 6.92 Å². The Bertz CT molecular complexity index is 1360. The summed E-state index contributed by atoms with van der Waals surface area (Å²) in [5.74, 6) is 0.446. The molecule has 238 valence electrons. The minimum Gasteiger partial charge on any atom is -1.00 e. The van der Waals surface area contributed by atoms with Crippen molar-refractivity contribution in [2.24, 2.45) is 0 Å². The van der Waals surface area contributed by atoms with Gasteiger partial charge in [0.2, 0.25) is 0 Å². The number of anilines is 1. The normalized spacial score (nSPS) is 9.34. The maximum absolute atomic E-state index is 12.1. The lowest BCUT2D eigenvalue weighted by atomic mass is 10.1. The number of ether oxygens (including phenoxy) is 4. The second-order valence-corrected chi connectivity index (χ2v) is 9.03. The van der Waals surface area contributed by atoms with Crippen molar-refractivity contribution in [1.82, 2.24) is 0 Å². The van der Waals surface area contributed by atoms with Gasteiger partial charge in [-0.3, -0.25) is 0 Å². The number of benzene rings is 3. The molecule has 8 nitrogen and oxygen atoms in total. The van der Waals surface area contributed by atoms with Crippen molar-refractivity contribution in [1.29, 1.82) is 0 Å². The van der Waals surface area contributed by atoms with E-state index in [1.165, 1.54) is 5.69 Å². The van der Waals surface area contributed by atoms with Gasteiger partial charge in [0.05, 0.1) is 18.2 Å². The number of hydrogen-bond acceptors (Lipinski definition) is 7. The molecule has 0 aliphatic rings. The van der Waals surface area contributed by atoms with E-state index in [9.17, 15) is 9.59 Å². The second kappa shape index (κ2) is 21.5. The summed E-state index contributed by atoms with van der Waals surface area (Å²) in [4.78, 5) is 26.3. The molecule has 4 rings (SSSR count). The molecule has 0 atom stereocenters. The van der Waals surface area contributed by atoms with Gasteiger partial charge in [-0.05, 0) is 67.6 Å². The predicted octanol–water partition coefficient (Wildman–Crippen LogP) is 3.79. The molecule has 44 heavy (non-hydrogen) atoms. The lowest BCUT2D eigenvalue weighted by molar-refractivity contribution is -0.698. The predicted molar refractivity (Wildman–Crippen MR) is 171 cm³/mol. The van der Waals surface area contributed by atoms with Crippen LogP contribution in [0.1, 0.15) is 47.6 Å². The lowest BCUT2D eigenvalue weighted by Crippen LogP contribution is -3.00. The number of pyridine rings is 1. The molecule has 0 N–H and O–H groups in total. The highest BCUT2D eigenvalue weighted by molar-refractivity contribution is 5.92. The smallest absolute Gasteiger partial charge is 0.343 e. The van der Waals surface area contributed by atoms with E-state index in [4.69, 9.17) is 18.9 Å². The van der Waals surface area contributed by atoms with E-state index in [1.54, 1.807) is 74.9 Å². The summed E-state index contributed by atoms with van der Waals surface area (Å²) in [6.07, 6.45) is 4.13. The van der Waals surface area contributed by atoms with E-state index in [0.717, 1.165) is 18.7 Å². The zero-order chi connectivity index (χ0) is 30.9. The SMILES string of the molecule is C.CC.COCC[n+]1ccc(N(C)C)cc1.COc1ccc(C(=O)Oc2ccc(OC(=O)c3ccc(C)cc3)cc2)cc1.[Br-]. The number of carbonyl (C=O) groups excluding carboxylic acids is 2. The highest BCUT2D eigenvalue weighted by Gasteiger charge is 2.11. The number of rotatable bonds is 9. The molecule has 0 bridgehead atoms. The van der Waals surface area contributed by atoms with Crippen molar-refractivity contribution in [2.45, 2.75) is 34.7 Å². The molecule has 0 spiro atoms. The number of esters is 2. The number of hydrogen-bond donors (Lipinski definition) is 0. The molecule has 1 heterocycles. The molecule has 3 aromatic carbocycles. The molecular weight excluding hydrogens is 624 g/mol. The average Bonchev–Trinajstić information content (AvgIpc) is 3.02. The number of aromatic nitrogens is 1. The first kappa shape index (κ1) is 39.8. The van der Waals surface area contributed by atoms with E-state index in [2.05, 4.69) is 34.0 Å². The molecule has 9 heteroatoms. The second-order valence-electron chi connectivity index (χ2n) is 9.03. The monoisotopic (exact) mass is 668 g/mol. The average molecular weight is 670 g/mol. The van der Waals surface area contributed by atoms with Crippen LogP contribution >= 0.6 is 0 Å². The zero-order valence-corrected chi connectivity index (χ0v) is 27.5. The number of halogens is 1. The fourth-order valence-corrected chi connectivity index (χ4v) is 3.42. The standard InChI is InChI=1S/C22H18O5.C10H17N2O.C2H6.CH4.BrH/c1-15-3-5-16(6-4-15)21(23)26-19-11-13-20(14-12-19)27-22(24)17-7-9-18(25-2)10-8-17;1-11(2)10-4-6-12(7-5-10)8-9-13-3;1-2;;/h3-14H,1-2H3;4-7H,8-9H2,1-3H3;1-2H3;1H4;1H/q;+1;;;/p-1. The van der Waals surface area contributed by atoms with Crippen molar-refractivity contribution in [3.05, 3.63) is 114 Å². The third-order valence-electron chi connectivity index (χ3n) is 5.80. The van der Waals surface area contributed by atoms with Gasteiger partial charge in [-0.1, -0.05) is 39.0 Å². The van der Waals surface area contributed by atoms with Gasteiger partial charge in [0, 0.05) is 39.0 Å². The van der Waals surface area contributed by atoms with Crippen LogP contribution in [0.3, 0.4) is 0 Å². The van der Waals surface area contributed by atoms with E-state index in [1.807, 2.05) is 47.0 Å². The van der Waals surface area contributed by atoms with Crippen LogP contribution in [0.15, 0.2) is 97.3 Å². The fraction of sp³-hybridized carbons (Fsp3) is 0.286. The maximum Gasteiger partial charge on any atom is 0.343 e. The van der Waals surface area contributed by atoms with Crippen LogP contribution in [0.5, 0.6) is 17.2 Å². The number of carbonyl (C=O) groups is 2. The minimum absolute atomic E-state index is 0. The van der Waals surface area contributed by atoms with Gasteiger partial charge in [-0.25, -0.2) is 14.2 Å². The summed E-state index contributed by atoms with van der Waals surface area (Å²) in [5.41, 5.74) is 3.16. The largest absolute Gasteiger partial charge is 1.00 e. The number of aryl methyl sites for hydroxylation is 1. The van der Waals surface area contributed by atoms with Crippen molar-refractivity contribution in [2.75, 3.05) is 39.8 Å². The molecule has 0 unspecified atom stereocenters. The van der Waals surface area contributed by atoms with Crippen LogP contribution in [-0.2, 0) is 11.3 Å². The Labute approximate surface area is 272 Å². The lowest BCUT2D eigenvalue weighted by Gasteiger charge is -2.10. The molecule has 0 fully saturated rings. The Morgan fingerprint density at radius 2 is 1.09 bits per heavy atom. The topological polar surface area (TPSA) is 78.2 Å². The van der Waals surface area contributed by atoms with Crippen molar-refractivity contribution >= 4 is 17.6 Å². The highest BCUT2D eigenvalue weighted by Crippen LogP contribution is 2.20. The van der Waals surface area contributed by atoms with Crippen molar-refractivity contribution in [3.8, 4) is 17.2 Å². The summed E-state index contributed by atoms with van der Waals surface area (Å²) >= 11 is 0. The summed E-state index contributed by atoms with van der Waals surface area (Å²) in [5, 5.41) is 0. The van der Waals surface area contributed by atoms with E-state index in [0.29, 0.717) is 28.4 Å². The van der Waals surface area contributed by atoms with Gasteiger partial charge in [0.15, 0.2) is 18.9 Å². The molecule has 4 aromatic rings. The first-order chi connectivity index (χ1) is 20.3. The quantitative estimate of drug-likeness (QED) is 0.153. The van der Waals surface area contributed by atoms with Gasteiger partial charge in [-0.2, -0.15) is 0 Å². The van der Waals surface area contributed by atoms with Gasteiger partial charge < -0.3 is 40.8 Å². The number of methoxy groups -OCH3 is 2. The first-order valence-corrected chi connectivity index (χ1v) is 13.7. The van der Waals surface area contributed by atoms with Gasteiger partial charge >= 0.3 is 11.9 Å². The van der Waals surface area contributed by atoms with E-state index in [-0.39, 0.29) is 24.4 Å². The Hall–Kier alpha value is -4.21. The summed E-state index contributed by atoms with van der Waals surface area (Å²) in [7, 11) is 7.35. The minimum atomic E-state index is -0.484. The Morgan fingerprint density at radius 1 is 0.682 bits per heavy atom. The summed E-state index contributed by atoms with van der Waals surface area (Å²) < 4.78 is 22.8. The number of nitrogens with zero attached hydrogens (tertiary/aromatic N) is 2. The van der Waals surface area contributed by atoms with Gasteiger partial charge in [0.25, 0.3) is 0 Å². The van der Waals surface area contributed by atoms with Crippen molar-refractivity contribution < 1.29 is 50.1 Å². The molecule has 0 saturated heterocycles. The van der Waals surface area contributed by atoms with Crippen LogP contribution in [0.4, 0.5) is 5.69 Å². The molecule has 0 amide bonds. The molecule has 1 aromatic heterocycles. The Morgan fingerprint density at radius 3 is 1.48 bits per heavy atom. The summed E-state index contributed by atoms with van der Waals surface area (Å²) in [6.45, 7) is 7.61. The fourth-order valence-electron chi connectivity index (χ4n) is 3.42. The van der Waals surface area contributed by atoms with Crippen LogP contribution in [-0.4, -0.2) is 46.9 Å². The molecule has 0 radical (unpaired) electrons. The van der Waals surface area contributed by atoms with Gasteiger partial charge in [-0.15, -0.1) is 0 Å². The van der Waals surface area contributed by atoms with E-state index < -0.39 is 11.9 Å². The maximum atomic E-state index is 12.1. The summed E-state index contributed by atoms with van der Waals surface area (Å²) in [6, 6.07) is 24.2. The molecular formula is C35H45BrN2O6. The van der Waals surface area contributed by atoms with Crippen LogP contribution < -0.4 is 40.7 Å². The van der Waals surface area contributed by atoms with Crippen molar-refractivity contribution in [3.63, 3.8) is 0 Å². The van der Waals surface area contributed by atoms with Gasteiger partial charge in [0.1, 0.15) is 23.9 Å². The molecule has 0 saturated carbocycles. The molecule has 0 aliphatic carbocycles. The first-order valence-electron chi connectivity index (χ1n) is 13.7.